The van der Waals surface area contributed by atoms with Crippen LogP contribution in [0.2, 0.25) is 0 Å². The molecule has 2 aromatic rings. The molecule has 0 radical (unpaired) electrons. The number of carbonyl (C=O) groups excluding carboxylic acids is 2. The predicted octanol–water partition coefficient (Wildman–Crippen LogP) is 1.66. The second-order valence-electron chi connectivity index (χ2n) is 6.22. The number of thioether (sulfide) groups is 1. The predicted molar refractivity (Wildman–Crippen MR) is 101 cm³/mol. The smallest absolute Gasteiger partial charge is 0.223 e. The van der Waals surface area contributed by atoms with Gasteiger partial charge in [0.2, 0.25) is 11.8 Å². The van der Waals surface area contributed by atoms with E-state index in [0.717, 1.165) is 16.5 Å². The van der Waals surface area contributed by atoms with Gasteiger partial charge in [0.1, 0.15) is 0 Å². The van der Waals surface area contributed by atoms with Gasteiger partial charge in [-0.3, -0.25) is 9.59 Å². The normalized spacial score (nSPS) is 14.5. The maximum atomic E-state index is 12.3. The first-order valence-electron chi connectivity index (χ1n) is 8.67. The molecule has 1 fully saturated rings. The molecule has 26 heavy (non-hydrogen) atoms. The number of carbonyl (C=O) groups is 2. The number of hydrogen-bond donors (Lipinski definition) is 0. The minimum atomic E-state index is 0.0733. The number of piperazine rings is 1. The number of hydrogen-bond acceptors (Lipinski definition) is 5. The van der Waals surface area contributed by atoms with Crippen LogP contribution >= 0.6 is 11.8 Å². The lowest BCUT2D eigenvalue weighted by Crippen LogP contribution is -2.50. The van der Waals surface area contributed by atoms with Crippen LogP contribution < -0.4 is 0 Å². The van der Waals surface area contributed by atoms with Crippen LogP contribution in [0.1, 0.15) is 13.3 Å². The van der Waals surface area contributed by atoms with Gasteiger partial charge in [-0.05, 0) is 0 Å². The molecular weight excluding hydrogens is 350 g/mol. The first-order chi connectivity index (χ1) is 12.6. The van der Waals surface area contributed by atoms with Gasteiger partial charge in [0.25, 0.3) is 0 Å². The molecule has 0 unspecified atom stereocenters. The fourth-order valence-electron chi connectivity index (χ4n) is 2.94. The van der Waals surface area contributed by atoms with E-state index in [2.05, 4.69) is 10.2 Å². The SMILES string of the molecule is CC(=O)N1CCN(C(=O)CCSc2nnc(-c3ccccc3)n2C)CC1. The molecular formula is C18H23N5O2S. The van der Waals surface area contributed by atoms with E-state index in [4.69, 9.17) is 0 Å². The molecule has 0 saturated carbocycles. The van der Waals surface area contributed by atoms with Crippen LogP contribution in [0.15, 0.2) is 35.5 Å². The summed E-state index contributed by atoms with van der Waals surface area (Å²) in [6.07, 6.45) is 0.457. The number of benzene rings is 1. The van der Waals surface area contributed by atoms with Crippen molar-refractivity contribution in [2.45, 2.75) is 18.5 Å². The van der Waals surface area contributed by atoms with Crippen molar-refractivity contribution in [1.82, 2.24) is 24.6 Å². The average molecular weight is 373 g/mol. The van der Waals surface area contributed by atoms with E-state index < -0.39 is 0 Å². The van der Waals surface area contributed by atoms with Crippen LogP contribution in [-0.2, 0) is 16.6 Å². The molecule has 1 aliphatic rings. The van der Waals surface area contributed by atoms with Crippen molar-refractivity contribution in [3.63, 3.8) is 0 Å². The van der Waals surface area contributed by atoms with E-state index in [9.17, 15) is 9.59 Å². The van der Waals surface area contributed by atoms with Gasteiger partial charge in [-0.15, -0.1) is 10.2 Å². The molecule has 7 nitrogen and oxygen atoms in total. The highest BCUT2D eigenvalue weighted by atomic mass is 32.2. The van der Waals surface area contributed by atoms with Crippen molar-refractivity contribution >= 4 is 23.6 Å². The van der Waals surface area contributed by atoms with Gasteiger partial charge in [-0.25, -0.2) is 0 Å². The Labute approximate surface area is 157 Å². The van der Waals surface area contributed by atoms with Gasteiger partial charge in [0.15, 0.2) is 11.0 Å². The molecule has 1 aliphatic heterocycles. The Bertz CT molecular complexity index is 769. The van der Waals surface area contributed by atoms with Crippen molar-refractivity contribution < 1.29 is 9.59 Å². The van der Waals surface area contributed by atoms with Gasteiger partial charge in [0, 0.05) is 57.9 Å². The maximum absolute atomic E-state index is 12.3. The van der Waals surface area contributed by atoms with Crippen molar-refractivity contribution in [3.05, 3.63) is 30.3 Å². The summed E-state index contributed by atoms with van der Waals surface area (Å²) in [4.78, 5) is 27.3. The number of amides is 2. The third kappa shape index (κ3) is 4.24. The van der Waals surface area contributed by atoms with Crippen LogP contribution in [-0.4, -0.2) is 68.3 Å². The molecule has 1 aromatic heterocycles. The minimum Gasteiger partial charge on any atom is -0.339 e. The zero-order chi connectivity index (χ0) is 18.5. The molecule has 0 bridgehead atoms. The number of aromatic nitrogens is 3. The summed E-state index contributed by atoms with van der Waals surface area (Å²) in [7, 11) is 1.94. The van der Waals surface area contributed by atoms with E-state index in [-0.39, 0.29) is 11.8 Å². The lowest BCUT2D eigenvalue weighted by Gasteiger charge is -2.34. The van der Waals surface area contributed by atoms with E-state index in [1.54, 1.807) is 11.8 Å². The van der Waals surface area contributed by atoms with Crippen LogP contribution in [0.5, 0.6) is 0 Å². The average Bonchev–Trinajstić information content (AvgIpc) is 3.03. The fraction of sp³-hybridized carbons (Fsp3) is 0.444. The van der Waals surface area contributed by atoms with Crippen molar-refractivity contribution in [2.24, 2.45) is 7.05 Å². The molecule has 0 aliphatic carbocycles. The van der Waals surface area contributed by atoms with Gasteiger partial charge >= 0.3 is 0 Å². The van der Waals surface area contributed by atoms with Crippen molar-refractivity contribution in [1.29, 1.82) is 0 Å². The molecule has 0 spiro atoms. The summed E-state index contributed by atoms with van der Waals surface area (Å²) in [6.45, 7) is 4.05. The molecule has 1 saturated heterocycles. The van der Waals surface area contributed by atoms with E-state index in [1.165, 1.54) is 11.8 Å². The van der Waals surface area contributed by atoms with Crippen LogP contribution in [0.3, 0.4) is 0 Å². The Morgan fingerprint density at radius 3 is 2.35 bits per heavy atom. The highest BCUT2D eigenvalue weighted by Crippen LogP contribution is 2.23. The molecule has 0 atom stereocenters. The molecule has 8 heteroatoms. The van der Waals surface area contributed by atoms with E-state index in [0.29, 0.717) is 38.4 Å². The molecule has 2 heterocycles. The van der Waals surface area contributed by atoms with Gasteiger partial charge in [-0.1, -0.05) is 42.1 Å². The number of nitrogens with zero attached hydrogens (tertiary/aromatic N) is 5. The Balaban J connectivity index is 1.49. The summed E-state index contributed by atoms with van der Waals surface area (Å²) in [5.74, 6) is 1.68. The largest absolute Gasteiger partial charge is 0.339 e. The zero-order valence-corrected chi connectivity index (χ0v) is 15.9. The Morgan fingerprint density at radius 1 is 1.04 bits per heavy atom. The molecule has 138 valence electrons. The summed E-state index contributed by atoms with van der Waals surface area (Å²) < 4.78 is 1.95. The summed E-state index contributed by atoms with van der Waals surface area (Å²) in [6, 6.07) is 9.92. The molecule has 1 aromatic carbocycles. The van der Waals surface area contributed by atoms with Crippen LogP contribution in [0.25, 0.3) is 11.4 Å². The van der Waals surface area contributed by atoms with Crippen LogP contribution in [0, 0.1) is 0 Å². The van der Waals surface area contributed by atoms with E-state index in [1.807, 2.05) is 46.8 Å². The van der Waals surface area contributed by atoms with Crippen LogP contribution in [0.4, 0.5) is 0 Å². The lowest BCUT2D eigenvalue weighted by atomic mass is 10.2. The molecule has 0 N–H and O–H groups in total. The van der Waals surface area contributed by atoms with Gasteiger partial charge in [0.05, 0.1) is 0 Å². The third-order valence-electron chi connectivity index (χ3n) is 4.49. The molecule has 2 amide bonds. The number of rotatable bonds is 5. The fourth-order valence-corrected chi connectivity index (χ4v) is 3.78. The topological polar surface area (TPSA) is 71.3 Å². The van der Waals surface area contributed by atoms with E-state index >= 15 is 0 Å². The maximum Gasteiger partial charge on any atom is 0.223 e. The summed E-state index contributed by atoms with van der Waals surface area (Å²) in [5.41, 5.74) is 1.02. The first-order valence-corrected chi connectivity index (χ1v) is 9.65. The first kappa shape index (κ1) is 18.4. The zero-order valence-electron chi connectivity index (χ0n) is 15.1. The Kier molecular flexibility index (Phi) is 5.92. The highest BCUT2D eigenvalue weighted by Gasteiger charge is 2.22. The highest BCUT2D eigenvalue weighted by molar-refractivity contribution is 7.99. The van der Waals surface area contributed by atoms with Gasteiger partial charge in [-0.2, -0.15) is 0 Å². The van der Waals surface area contributed by atoms with Crippen molar-refractivity contribution in [3.8, 4) is 11.4 Å². The third-order valence-corrected chi connectivity index (χ3v) is 5.51. The van der Waals surface area contributed by atoms with Gasteiger partial charge < -0.3 is 14.4 Å². The second kappa shape index (κ2) is 8.35. The quantitative estimate of drug-likeness (QED) is 0.746. The lowest BCUT2D eigenvalue weighted by molar-refractivity contribution is -0.138. The Morgan fingerprint density at radius 2 is 1.69 bits per heavy atom. The second-order valence-corrected chi connectivity index (χ2v) is 7.28. The standard InChI is InChI=1S/C18H23N5O2S/c1-14(24)22-9-11-23(12-10-22)16(25)8-13-26-18-20-19-17(21(18)2)15-6-4-3-5-7-15/h3-7H,8-13H2,1-2H3. The summed E-state index contributed by atoms with van der Waals surface area (Å²) in [5, 5.41) is 9.30. The minimum absolute atomic E-state index is 0.0733. The van der Waals surface area contributed by atoms with Crippen molar-refractivity contribution in [2.75, 3.05) is 31.9 Å². The molecule has 3 rings (SSSR count). The summed E-state index contributed by atoms with van der Waals surface area (Å²) >= 11 is 1.54. The Hall–Kier alpha value is -2.35. The monoisotopic (exact) mass is 373 g/mol.